The summed E-state index contributed by atoms with van der Waals surface area (Å²) in [5.41, 5.74) is 5.41. The highest BCUT2D eigenvalue weighted by Gasteiger charge is 2.14. The molecule has 0 aliphatic rings. The summed E-state index contributed by atoms with van der Waals surface area (Å²) < 4.78 is 32.0. The van der Waals surface area contributed by atoms with Crippen molar-refractivity contribution >= 4 is 5.95 Å². The van der Waals surface area contributed by atoms with Crippen LogP contribution in [0.1, 0.15) is 13.3 Å². The first-order chi connectivity index (χ1) is 9.11. The van der Waals surface area contributed by atoms with Gasteiger partial charge in [0.05, 0.1) is 12.2 Å². The van der Waals surface area contributed by atoms with E-state index in [4.69, 9.17) is 10.5 Å². The number of aromatic nitrogens is 3. The Bertz CT molecular complexity index is 592. The van der Waals surface area contributed by atoms with Crippen LogP contribution in [0.25, 0.3) is 11.4 Å². The second kappa shape index (κ2) is 5.55. The van der Waals surface area contributed by atoms with Gasteiger partial charge in [-0.3, -0.25) is 0 Å². The van der Waals surface area contributed by atoms with E-state index in [0.717, 1.165) is 12.5 Å². The van der Waals surface area contributed by atoms with Crippen molar-refractivity contribution in [3.8, 4) is 17.4 Å². The number of rotatable bonds is 4. The Kier molecular flexibility index (Phi) is 3.84. The molecule has 100 valence electrons. The molecule has 2 aromatic rings. The molecule has 0 radical (unpaired) electrons. The monoisotopic (exact) mass is 266 g/mol. The Morgan fingerprint density at radius 1 is 1.21 bits per heavy atom. The molecule has 0 saturated carbocycles. The number of benzene rings is 1. The Balaban J connectivity index is 2.44. The number of nitrogens with zero attached hydrogens (tertiary/aromatic N) is 3. The van der Waals surface area contributed by atoms with Gasteiger partial charge in [-0.05, 0) is 18.6 Å². The van der Waals surface area contributed by atoms with Crippen LogP contribution in [0.15, 0.2) is 18.2 Å². The highest BCUT2D eigenvalue weighted by atomic mass is 19.2. The van der Waals surface area contributed by atoms with E-state index in [1.807, 2.05) is 6.92 Å². The van der Waals surface area contributed by atoms with E-state index < -0.39 is 11.6 Å². The van der Waals surface area contributed by atoms with Crippen LogP contribution < -0.4 is 10.5 Å². The van der Waals surface area contributed by atoms with Crippen molar-refractivity contribution in [1.29, 1.82) is 0 Å². The molecular weight excluding hydrogens is 254 g/mol. The van der Waals surface area contributed by atoms with Crippen LogP contribution in [0.5, 0.6) is 6.01 Å². The highest BCUT2D eigenvalue weighted by Crippen LogP contribution is 2.22. The molecule has 0 unspecified atom stereocenters. The Morgan fingerprint density at radius 3 is 2.74 bits per heavy atom. The first-order valence-electron chi connectivity index (χ1n) is 5.70. The first-order valence-corrected chi connectivity index (χ1v) is 5.70. The zero-order chi connectivity index (χ0) is 13.8. The van der Waals surface area contributed by atoms with Crippen LogP contribution >= 0.6 is 0 Å². The van der Waals surface area contributed by atoms with Gasteiger partial charge in [0, 0.05) is 0 Å². The number of nitrogen functional groups attached to an aromatic ring is 1. The maximum atomic E-state index is 13.6. The standard InChI is InChI=1S/C12H12F2N4O/c1-2-6-19-12-17-10(16-11(15)18-12)7-4-3-5-8(13)9(7)14/h3-5H,2,6H2,1H3,(H2,15,16,17,18). The van der Waals surface area contributed by atoms with Gasteiger partial charge in [-0.15, -0.1) is 0 Å². The van der Waals surface area contributed by atoms with Gasteiger partial charge in [0.1, 0.15) is 0 Å². The van der Waals surface area contributed by atoms with Crippen LogP contribution in [0, 0.1) is 11.6 Å². The van der Waals surface area contributed by atoms with Crippen LogP contribution in [-0.2, 0) is 0 Å². The molecule has 2 rings (SSSR count). The smallest absolute Gasteiger partial charge is 0.321 e. The van der Waals surface area contributed by atoms with E-state index in [1.165, 1.54) is 12.1 Å². The summed E-state index contributed by atoms with van der Waals surface area (Å²) in [6, 6.07) is 3.72. The second-order valence-corrected chi connectivity index (χ2v) is 3.75. The van der Waals surface area contributed by atoms with Crippen molar-refractivity contribution < 1.29 is 13.5 Å². The molecule has 5 nitrogen and oxygen atoms in total. The fourth-order valence-corrected chi connectivity index (χ4v) is 1.43. The summed E-state index contributed by atoms with van der Waals surface area (Å²) in [7, 11) is 0. The highest BCUT2D eigenvalue weighted by molar-refractivity contribution is 5.57. The summed E-state index contributed by atoms with van der Waals surface area (Å²) in [6.45, 7) is 2.31. The van der Waals surface area contributed by atoms with E-state index in [-0.39, 0.29) is 23.3 Å². The van der Waals surface area contributed by atoms with Crippen molar-refractivity contribution in [2.24, 2.45) is 0 Å². The SMILES string of the molecule is CCCOc1nc(N)nc(-c2cccc(F)c2F)n1. The summed E-state index contributed by atoms with van der Waals surface area (Å²) in [5, 5.41) is 0. The molecule has 7 heteroatoms. The molecule has 0 saturated heterocycles. The Morgan fingerprint density at radius 2 is 2.00 bits per heavy atom. The molecule has 1 aromatic heterocycles. The van der Waals surface area contributed by atoms with Crippen LogP contribution in [0.2, 0.25) is 0 Å². The Hall–Kier alpha value is -2.31. The first kappa shape index (κ1) is 13.1. The minimum absolute atomic E-state index is 0.00647. The third kappa shape index (κ3) is 2.93. The van der Waals surface area contributed by atoms with Crippen molar-refractivity contribution in [3.05, 3.63) is 29.8 Å². The third-order valence-electron chi connectivity index (χ3n) is 2.26. The average Bonchev–Trinajstić information content (AvgIpc) is 2.39. The topological polar surface area (TPSA) is 73.9 Å². The molecule has 0 spiro atoms. The molecule has 0 fully saturated rings. The summed E-state index contributed by atoms with van der Waals surface area (Å²) in [4.78, 5) is 11.5. The maximum Gasteiger partial charge on any atom is 0.321 e. The van der Waals surface area contributed by atoms with Gasteiger partial charge in [-0.2, -0.15) is 15.0 Å². The van der Waals surface area contributed by atoms with Gasteiger partial charge < -0.3 is 10.5 Å². The molecule has 0 amide bonds. The van der Waals surface area contributed by atoms with Crippen molar-refractivity contribution in [2.45, 2.75) is 13.3 Å². The molecule has 0 aliphatic heterocycles. The molecule has 1 aromatic carbocycles. The minimum atomic E-state index is -1.03. The second-order valence-electron chi connectivity index (χ2n) is 3.75. The molecule has 0 bridgehead atoms. The van der Waals surface area contributed by atoms with Gasteiger partial charge in [0.2, 0.25) is 5.95 Å². The summed E-state index contributed by atoms with van der Waals surface area (Å²) in [5.74, 6) is -2.18. The van der Waals surface area contributed by atoms with Crippen LogP contribution in [0.3, 0.4) is 0 Å². The average molecular weight is 266 g/mol. The number of hydrogen-bond donors (Lipinski definition) is 1. The number of anilines is 1. The predicted molar refractivity (Wildman–Crippen MR) is 65.4 cm³/mol. The number of halogens is 2. The lowest BCUT2D eigenvalue weighted by molar-refractivity contribution is 0.292. The quantitative estimate of drug-likeness (QED) is 0.918. The van der Waals surface area contributed by atoms with Crippen LogP contribution in [0.4, 0.5) is 14.7 Å². The lowest BCUT2D eigenvalue weighted by atomic mass is 10.2. The van der Waals surface area contributed by atoms with Gasteiger partial charge in [-0.1, -0.05) is 13.0 Å². The molecule has 0 aliphatic carbocycles. The van der Waals surface area contributed by atoms with E-state index in [9.17, 15) is 8.78 Å². The minimum Gasteiger partial charge on any atom is -0.463 e. The van der Waals surface area contributed by atoms with Gasteiger partial charge in [0.15, 0.2) is 17.5 Å². The lowest BCUT2D eigenvalue weighted by Gasteiger charge is -2.06. The number of hydrogen-bond acceptors (Lipinski definition) is 5. The van der Waals surface area contributed by atoms with Crippen molar-refractivity contribution in [1.82, 2.24) is 15.0 Å². The van der Waals surface area contributed by atoms with E-state index in [0.29, 0.717) is 6.61 Å². The fourth-order valence-electron chi connectivity index (χ4n) is 1.43. The van der Waals surface area contributed by atoms with Gasteiger partial charge in [-0.25, -0.2) is 8.78 Å². The Labute approximate surface area is 108 Å². The molecule has 2 N–H and O–H groups in total. The van der Waals surface area contributed by atoms with E-state index >= 15 is 0 Å². The zero-order valence-electron chi connectivity index (χ0n) is 10.2. The normalized spacial score (nSPS) is 10.5. The molecule has 19 heavy (non-hydrogen) atoms. The number of nitrogens with two attached hydrogens (primary N) is 1. The van der Waals surface area contributed by atoms with Crippen molar-refractivity contribution in [3.63, 3.8) is 0 Å². The summed E-state index contributed by atoms with van der Waals surface area (Å²) in [6.07, 6.45) is 0.759. The molecule has 1 heterocycles. The lowest BCUT2D eigenvalue weighted by Crippen LogP contribution is -2.06. The number of ether oxygens (including phenoxy) is 1. The molecular formula is C12H12F2N4O. The fraction of sp³-hybridized carbons (Fsp3) is 0.250. The van der Waals surface area contributed by atoms with Crippen LogP contribution in [-0.4, -0.2) is 21.6 Å². The predicted octanol–water partition coefficient (Wildman–Crippen LogP) is 2.19. The van der Waals surface area contributed by atoms with Gasteiger partial charge >= 0.3 is 6.01 Å². The zero-order valence-corrected chi connectivity index (χ0v) is 10.2. The summed E-state index contributed by atoms with van der Waals surface area (Å²) >= 11 is 0. The molecule has 0 atom stereocenters. The maximum absolute atomic E-state index is 13.6. The largest absolute Gasteiger partial charge is 0.463 e. The third-order valence-corrected chi connectivity index (χ3v) is 2.26. The van der Waals surface area contributed by atoms with Crippen molar-refractivity contribution in [2.75, 3.05) is 12.3 Å². The van der Waals surface area contributed by atoms with E-state index in [1.54, 1.807) is 0 Å². The van der Waals surface area contributed by atoms with Gasteiger partial charge in [0.25, 0.3) is 0 Å². The van der Waals surface area contributed by atoms with E-state index in [2.05, 4.69) is 15.0 Å².